The first-order valence-corrected chi connectivity index (χ1v) is 41.0. The van der Waals surface area contributed by atoms with E-state index in [4.69, 9.17) is 54.9 Å². The number of hydrogen-bond acceptors (Lipinski definition) is 13. The third-order valence-corrected chi connectivity index (χ3v) is 19.9. The third kappa shape index (κ3) is 24.5. The van der Waals surface area contributed by atoms with E-state index in [1.54, 1.807) is 12.1 Å². The molecule has 13 heteroatoms. The largest absolute Gasteiger partial charge is 0.502 e. The van der Waals surface area contributed by atoms with Crippen molar-refractivity contribution in [1.82, 2.24) is 0 Å². The highest BCUT2D eigenvalue weighted by atomic mass is 16.5. The molecule has 1 heterocycles. The van der Waals surface area contributed by atoms with Gasteiger partial charge in [0.2, 0.25) is 34.5 Å². The molecule has 108 heavy (non-hydrogen) atoms. The van der Waals surface area contributed by atoms with Crippen molar-refractivity contribution in [2.24, 2.45) is 0 Å². The van der Waals surface area contributed by atoms with Crippen LogP contribution in [0, 0.1) is 0 Å². The van der Waals surface area contributed by atoms with Crippen molar-refractivity contribution in [3.05, 3.63) is 137 Å². The molecule has 1 atom stereocenters. The van der Waals surface area contributed by atoms with Gasteiger partial charge in [-0.05, 0) is 153 Å². The van der Waals surface area contributed by atoms with Gasteiger partial charge in [-0.1, -0.05) is 272 Å². The first-order chi connectivity index (χ1) is 51.3. The summed E-state index contributed by atoms with van der Waals surface area (Å²) in [5, 5.41) is 13.3. The van der Waals surface area contributed by atoms with Gasteiger partial charge in [0.15, 0.2) is 67.0 Å². The fourth-order valence-electron chi connectivity index (χ4n) is 12.6. The number of benzene rings is 7. The summed E-state index contributed by atoms with van der Waals surface area (Å²) >= 11 is 0. The van der Waals surface area contributed by atoms with Crippen molar-refractivity contribution in [3.63, 3.8) is 0 Å². The molecule has 12 bridgehead atoms. The quantitative estimate of drug-likeness (QED) is 0.0381. The lowest BCUT2D eigenvalue weighted by atomic mass is 9.86. The predicted octanol–water partition coefficient (Wildman–Crippen LogP) is 29.4. The number of hydrogen-bond donors (Lipinski definition) is 1. The summed E-state index contributed by atoms with van der Waals surface area (Å²) in [6, 6.07) is 34.3. The lowest BCUT2D eigenvalue weighted by Crippen LogP contribution is -2.12. The van der Waals surface area contributed by atoms with Crippen LogP contribution in [-0.4, -0.2) is 44.7 Å². The van der Waals surface area contributed by atoms with E-state index in [9.17, 15) is 5.11 Å². The molecule has 1 unspecified atom stereocenters. The van der Waals surface area contributed by atoms with Gasteiger partial charge in [-0.3, -0.25) is 0 Å². The van der Waals surface area contributed by atoms with Crippen LogP contribution < -0.4 is 28.4 Å². The standard InChI is InChI=1S/C95H134O13/c1-22-27-32-40-47-97-86-75-52-67(91(7,8)9)54-77(86)105-79-56-69(93(13,14)15)58-81(88(79)99-49-42-34-29-24-3)107-83-60-71(95(19,20)21)61-84(90(83)101-51-44-36-31-26-5)108-82-59-70(94(16,17)18)57-80(89(82)100-50-43-35-30-25-4)106-78-55-68(92(10,11)12)53-76(87(78)98-48-41-33-28-23-2)104-74-63-72(62-73(103-75)85(74)96)102-64-65(6)66-45-38-37-39-46-66/h37-39,45-46,52-63,65,96H,22-36,40-44,47-51,64H2,1-21H3. The van der Waals surface area contributed by atoms with Crippen LogP contribution in [0.25, 0.3) is 67.0 Å². The van der Waals surface area contributed by atoms with Gasteiger partial charge in [0, 0.05) is 18.1 Å². The zero-order valence-corrected chi connectivity index (χ0v) is 70.1. The van der Waals surface area contributed by atoms with E-state index in [1.807, 2.05) is 42.5 Å². The molecule has 0 saturated carbocycles. The summed E-state index contributed by atoms with van der Waals surface area (Å²) in [6.07, 6.45) is 19.3. The fraction of sp³-hybridized carbons (Fsp3) is 0.558. The minimum absolute atomic E-state index is 0.0171. The molecule has 0 fully saturated rings. The Balaban J connectivity index is 1.77. The Morgan fingerprint density at radius 1 is 0.278 bits per heavy atom. The first-order valence-electron chi connectivity index (χ1n) is 41.0. The van der Waals surface area contributed by atoms with Crippen LogP contribution in [0.1, 0.15) is 313 Å². The summed E-state index contributed by atoms with van der Waals surface area (Å²) in [4.78, 5) is 0. The molecule has 0 amide bonds. The van der Waals surface area contributed by atoms with Gasteiger partial charge in [-0.25, -0.2) is 0 Å². The maximum absolute atomic E-state index is 13.3. The normalized spacial score (nSPS) is 12.5. The summed E-state index contributed by atoms with van der Waals surface area (Å²) in [5.74, 6) is 1.97. The first kappa shape index (κ1) is 85.5. The smallest absolute Gasteiger partial charge is 0.204 e. The molecule has 592 valence electrons. The van der Waals surface area contributed by atoms with E-state index in [0.717, 1.165) is 162 Å². The van der Waals surface area contributed by atoms with E-state index in [0.29, 0.717) is 130 Å². The molecule has 8 aromatic rings. The SMILES string of the molecule is CCCCCCOc1c2cc(C(C)(C)C)cc1oc1cc(C(C)(C)C)cc(oc3cc(C(C)(C)C)cc(oc4cc(C(C)(C)C)cc(oc5cc(C(C)(C)C)cc(oc6cc(OCC(C)c7ccccc7)cc(o2)c6O)c5OCCCCCC)c4OCCCCCC)c3OCCCCCC)c1OCCCCCC. The van der Waals surface area contributed by atoms with Crippen LogP contribution >= 0.6 is 0 Å². The summed E-state index contributed by atoms with van der Waals surface area (Å²) in [7, 11) is 0. The minimum atomic E-state index is -0.473. The summed E-state index contributed by atoms with van der Waals surface area (Å²) in [5.41, 5.74) is 7.44. The average Bonchev–Trinajstić information content (AvgIpc) is 0.756. The molecule has 0 spiro atoms. The number of fused-ring (bicyclic) bond motifs is 12. The van der Waals surface area contributed by atoms with Crippen molar-refractivity contribution >= 4 is 67.0 Å². The molecule has 8 rings (SSSR count). The highest BCUT2D eigenvalue weighted by Crippen LogP contribution is 2.45. The summed E-state index contributed by atoms with van der Waals surface area (Å²) < 4.78 is 87.9. The Hall–Kier alpha value is -8.06. The third-order valence-electron chi connectivity index (χ3n) is 19.9. The Morgan fingerprint density at radius 3 is 0.694 bits per heavy atom. The molecule has 0 aliphatic carbocycles. The van der Waals surface area contributed by atoms with Crippen LogP contribution in [0.2, 0.25) is 0 Å². The number of unbranched alkanes of at least 4 members (excludes halogenated alkanes) is 15. The number of aromatic hydroxyl groups is 1. The van der Waals surface area contributed by atoms with Crippen LogP contribution in [0.3, 0.4) is 0 Å². The Morgan fingerprint density at radius 2 is 0.491 bits per heavy atom. The number of phenols is 1. The molecule has 1 N–H and O–H groups in total. The minimum Gasteiger partial charge on any atom is -0.502 e. The van der Waals surface area contributed by atoms with E-state index >= 15 is 0 Å². The van der Waals surface area contributed by atoms with Gasteiger partial charge in [-0.15, -0.1) is 0 Å². The molecule has 0 saturated heterocycles. The molecule has 0 aliphatic rings. The highest BCUT2D eigenvalue weighted by Gasteiger charge is 2.28. The molecule has 0 radical (unpaired) electrons. The highest BCUT2D eigenvalue weighted by molar-refractivity contribution is 5.84. The van der Waals surface area contributed by atoms with Gasteiger partial charge >= 0.3 is 0 Å². The lowest BCUT2D eigenvalue weighted by Gasteiger charge is -2.22. The van der Waals surface area contributed by atoms with E-state index in [1.165, 1.54) is 0 Å². The van der Waals surface area contributed by atoms with Gasteiger partial charge in [0.1, 0.15) is 5.75 Å². The molecule has 0 aliphatic heterocycles. The van der Waals surface area contributed by atoms with E-state index < -0.39 is 27.1 Å². The Labute approximate surface area is 646 Å². The van der Waals surface area contributed by atoms with Crippen LogP contribution in [-0.2, 0) is 27.1 Å². The fourth-order valence-corrected chi connectivity index (χ4v) is 12.6. The lowest BCUT2D eigenvalue weighted by molar-refractivity contribution is 0.294. The Kier molecular flexibility index (Phi) is 31.3. The second kappa shape index (κ2) is 39.5. The van der Waals surface area contributed by atoms with Gasteiger partial charge in [0.25, 0.3) is 0 Å². The Bertz CT molecular complexity index is 4240. The van der Waals surface area contributed by atoms with Crippen molar-refractivity contribution < 1.29 is 60.0 Å². The maximum atomic E-state index is 13.3. The second-order valence-electron chi connectivity index (χ2n) is 34.8. The van der Waals surface area contributed by atoms with Crippen molar-refractivity contribution in [1.29, 1.82) is 0 Å². The number of rotatable bonds is 34. The van der Waals surface area contributed by atoms with E-state index in [-0.39, 0.29) is 22.8 Å². The molecule has 7 aromatic carbocycles. The number of phenolic OH excluding ortho intramolecular Hbond substituents is 1. The average molecular weight is 1480 g/mol. The molecular formula is C95H134O13. The monoisotopic (exact) mass is 1480 g/mol. The van der Waals surface area contributed by atoms with Crippen LogP contribution in [0.15, 0.2) is 130 Å². The molecular weight excluding hydrogens is 1350 g/mol. The maximum Gasteiger partial charge on any atom is 0.204 e. The van der Waals surface area contributed by atoms with Gasteiger partial charge < -0.3 is 60.0 Å². The van der Waals surface area contributed by atoms with Crippen LogP contribution in [0.4, 0.5) is 0 Å². The molecule has 1 aromatic heterocycles. The van der Waals surface area contributed by atoms with E-state index in [2.05, 4.69) is 194 Å². The van der Waals surface area contributed by atoms with Crippen molar-refractivity contribution in [2.45, 2.75) is 307 Å². The van der Waals surface area contributed by atoms with Gasteiger partial charge in [0.05, 0.1) is 39.6 Å². The van der Waals surface area contributed by atoms with Crippen molar-refractivity contribution in [3.8, 4) is 40.2 Å². The predicted molar refractivity (Wildman–Crippen MR) is 448 cm³/mol. The second-order valence-corrected chi connectivity index (χ2v) is 34.8. The van der Waals surface area contributed by atoms with Crippen LogP contribution in [0.5, 0.6) is 40.2 Å². The number of ether oxygens (including phenoxy) is 6. The van der Waals surface area contributed by atoms with Crippen molar-refractivity contribution in [2.75, 3.05) is 39.6 Å². The molecule has 13 nitrogen and oxygen atoms in total. The topological polar surface area (TPSA) is 154 Å². The zero-order chi connectivity index (χ0) is 78.4. The van der Waals surface area contributed by atoms with Gasteiger partial charge in [-0.2, -0.15) is 0 Å². The zero-order valence-electron chi connectivity index (χ0n) is 70.1. The summed E-state index contributed by atoms with van der Waals surface area (Å²) in [6.45, 7) is 48.0.